The highest BCUT2D eigenvalue weighted by molar-refractivity contribution is 6.01. The van der Waals surface area contributed by atoms with Crippen LogP contribution in [0.2, 0.25) is 0 Å². The number of carbonyl (C=O) groups excluding carboxylic acids is 2. The summed E-state index contributed by atoms with van der Waals surface area (Å²) in [6, 6.07) is 7.46. The largest absolute Gasteiger partial charge is 0.466 e. The second-order valence-electron chi connectivity index (χ2n) is 3.94. The van der Waals surface area contributed by atoms with Gasteiger partial charge in [-0.25, -0.2) is 0 Å². The van der Waals surface area contributed by atoms with Crippen LogP contribution in [-0.2, 0) is 16.0 Å². The lowest BCUT2D eigenvalue weighted by atomic mass is 9.83. The molecule has 0 saturated heterocycles. The first-order valence-electron chi connectivity index (χ1n) is 5.50. The van der Waals surface area contributed by atoms with Crippen LogP contribution in [0.3, 0.4) is 0 Å². The maximum Gasteiger partial charge on any atom is 0.309 e. The molecule has 0 heterocycles. The van der Waals surface area contributed by atoms with Crippen LogP contribution in [0, 0.1) is 5.92 Å². The first kappa shape index (κ1) is 10.9. The molecule has 0 bridgehead atoms. The number of hydrogen-bond acceptors (Lipinski definition) is 3. The average Bonchev–Trinajstić information content (AvgIpc) is 2.29. The Bertz CT molecular complexity index is 423. The molecule has 0 saturated carbocycles. The Morgan fingerprint density at radius 1 is 1.38 bits per heavy atom. The Hall–Kier alpha value is -1.64. The quantitative estimate of drug-likeness (QED) is 0.713. The normalized spacial score (nSPS) is 19.1. The number of Topliss-reactive ketones (excluding diaryl/α,β-unsaturated/α-hetero) is 1. The fourth-order valence-corrected chi connectivity index (χ4v) is 2.07. The SMILES string of the molecule is CCOC(=O)[C@H]1CC(=O)c2ccccc2C1. The van der Waals surface area contributed by atoms with Crippen LogP contribution in [0.1, 0.15) is 29.3 Å². The number of carbonyl (C=O) groups is 2. The zero-order valence-electron chi connectivity index (χ0n) is 9.23. The van der Waals surface area contributed by atoms with Crippen molar-refractivity contribution in [2.75, 3.05) is 6.61 Å². The van der Waals surface area contributed by atoms with Gasteiger partial charge >= 0.3 is 5.97 Å². The Morgan fingerprint density at radius 2 is 2.12 bits per heavy atom. The molecular formula is C13H14O3. The minimum Gasteiger partial charge on any atom is -0.466 e. The monoisotopic (exact) mass is 218 g/mol. The average molecular weight is 218 g/mol. The summed E-state index contributed by atoms with van der Waals surface area (Å²) in [6.45, 7) is 2.14. The Labute approximate surface area is 94.4 Å². The van der Waals surface area contributed by atoms with E-state index in [0.29, 0.717) is 13.0 Å². The number of ketones is 1. The van der Waals surface area contributed by atoms with Gasteiger partial charge in [-0.2, -0.15) is 0 Å². The van der Waals surface area contributed by atoms with Crippen molar-refractivity contribution in [1.29, 1.82) is 0 Å². The van der Waals surface area contributed by atoms with Gasteiger partial charge < -0.3 is 4.74 Å². The first-order chi connectivity index (χ1) is 7.72. The molecule has 0 fully saturated rings. The third-order valence-corrected chi connectivity index (χ3v) is 2.84. The lowest BCUT2D eigenvalue weighted by molar-refractivity contribution is -0.148. The summed E-state index contributed by atoms with van der Waals surface area (Å²) in [4.78, 5) is 23.4. The van der Waals surface area contributed by atoms with E-state index in [2.05, 4.69) is 0 Å². The fraction of sp³-hybridized carbons (Fsp3) is 0.385. The molecule has 84 valence electrons. The van der Waals surface area contributed by atoms with Gasteiger partial charge in [0.25, 0.3) is 0 Å². The zero-order valence-corrected chi connectivity index (χ0v) is 9.23. The van der Waals surface area contributed by atoms with Gasteiger partial charge in [-0.15, -0.1) is 0 Å². The summed E-state index contributed by atoms with van der Waals surface area (Å²) in [6.07, 6.45) is 0.886. The van der Waals surface area contributed by atoms with Gasteiger partial charge in [0.15, 0.2) is 5.78 Å². The Morgan fingerprint density at radius 3 is 2.88 bits per heavy atom. The summed E-state index contributed by atoms with van der Waals surface area (Å²) in [5.41, 5.74) is 1.71. The van der Waals surface area contributed by atoms with Gasteiger partial charge in [0.2, 0.25) is 0 Å². The van der Waals surface area contributed by atoms with E-state index in [1.165, 1.54) is 0 Å². The molecule has 1 atom stereocenters. The molecule has 1 aliphatic rings. The summed E-state index contributed by atoms with van der Waals surface area (Å²) in [5, 5.41) is 0. The lowest BCUT2D eigenvalue weighted by Crippen LogP contribution is -2.28. The van der Waals surface area contributed by atoms with Gasteiger partial charge in [-0.05, 0) is 18.9 Å². The highest BCUT2D eigenvalue weighted by Gasteiger charge is 2.30. The summed E-state index contributed by atoms with van der Waals surface area (Å²) >= 11 is 0. The van der Waals surface area contributed by atoms with Crippen LogP contribution >= 0.6 is 0 Å². The van der Waals surface area contributed by atoms with Crippen LogP contribution in [-0.4, -0.2) is 18.4 Å². The molecule has 0 amide bonds. The third kappa shape index (κ3) is 1.98. The van der Waals surface area contributed by atoms with Crippen molar-refractivity contribution in [1.82, 2.24) is 0 Å². The minimum atomic E-state index is -0.303. The van der Waals surface area contributed by atoms with Crippen LogP contribution in [0.4, 0.5) is 0 Å². The molecule has 3 heteroatoms. The molecule has 1 aromatic rings. The number of hydrogen-bond donors (Lipinski definition) is 0. The van der Waals surface area contributed by atoms with Crippen molar-refractivity contribution >= 4 is 11.8 Å². The zero-order chi connectivity index (χ0) is 11.5. The van der Waals surface area contributed by atoms with E-state index in [9.17, 15) is 9.59 Å². The van der Waals surface area contributed by atoms with Crippen LogP contribution in [0.5, 0.6) is 0 Å². The minimum absolute atomic E-state index is 0.0416. The maximum absolute atomic E-state index is 11.8. The first-order valence-corrected chi connectivity index (χ1v) is 5.50. The van der Waals surface area contributed by atoms with Gasteiger partial charge in [0.05, 0.1) is 12.5 Å². The van der Waals surface area contributed by atoms with Gasteiger partial charge in [-0.1, -0.05) is 24.3 Å². The maximum atomic E-state index is 11.8. The highest BCUT2D eigenvalue weighted by atomic mass is 16.5. The molecular weight excluding hydrogens is 204 g/mol. The molecule has 1 aromatic carbocycles. The molecule has 2 rings (SSSR count). The van der Waals surface area contributed by atoms with Gasteiger partial charge in [-0.3, -0.25) is 9.59 Å². The standard InChI is InChI=1S/C13H14O3/c1-2-16-13(15)10-7-9-5-3-4-6-11(9)12(14)8-10/h3-6,10H,2,7-8H2,1H3/t10-/m1/s1. The second-order valence-corrected chi connectivity index (χ2v) is 3.94. The van der Waals surface area contributed by atoms with Crippen molar-refractivity contribution in [2.24, 2.45) is 5.92 Å². The van der Waals surface area contributed by atoms with Crippen molar-refractivity contribution < 1.29 is 14.3 Å². The molecule has 1 aliphatic carbocycles. The molecule has 0 N–H and O–H groups in total. The number of benzene rings is 1. The predicted molar refractivity (Wildman–Crippen MR) is 59.2 cm³/mol. The van der Waals surface area contributed by atoms with E-state index in [1.54, 1.807) is 6.92 Å². The molecule has 3 nitrogen and oxygen atoms in total. The number of esters is 1. The van der Waals surface area contributed by atoms with Crippen molar-refractivity contribution in [3.8, 4) is 0 Å². The van der Waals surface area contributed by atoms with Crippen LogP contribution in [0.25, 0.3) is 0 Å². The van der Waals surface area contributed by atoms with Crippen molar-refractivity contribution in [3.05, 3.63) is 35.4 Å². The Balaban J connectivity index is 2.21. The van der Waals surface area contributed by atoms with Crippen molar-refractivity contribution in [2.45, 2.75) is 19.8 Å². The summed E-state index contributed by atoms with van der Waals surface area (Å²) in [7, 11) is 0. The van der Waals surface area contributed by atoms with Crippen LogP contribution < -0.4 is 0 Å². The molecule has 0 spiro atoms. The van der Waals surface area contributed by atoms with E-state index in [0.717, 1.165) is 11.1 Å². The van der Waals surface area contributed by atoms with E-state index in [4.69, 9.17) is 4.74 Å². The summed E-state index contributed by atoms with van der Waals surface area (Å²) in [5.74, 6) is -0.521. The highest BCUT2D eigenvalue weighted by Crippen LogP contribution is 2.26. The molecule has 0 radical (unpaired) electrons. The fourth-order valence-electron chi connectivity index (χ4n) is 2.07. The third-order valence-electron chi connectivity index (χ3n) is 2.84. The van der Waals surface area contributed by atoms with E-state index in [-0.39, 0.29) is 24.1 Å². The molecule has 0 aromatic heterocycles. The smallest absolute Gasteiger partial charge is 0.309 e. The topological polar surface area (TPSA) is 43.4 Å². The molecule has 0 unspecified atom stereocenters. The van der Waals surface area contributed by atoms with Gasteiger partial charge in [0, 0.05) is 12.0 Å². The molecule has 16 heavy (non-hydrogen) atoms. The molecule has 0 aliphatic heterocycles. The van der Waals surface area contributed by atoms with Gasteiger partial charge in [0.1, 0.15) is 0 Å². The predicted octanol–water partition coefficient (Wildman–Crippen LogP) is 1.99. The number of ether oxygens (including phenoxy) is 1. The van der Waals surface area contributed by atoms with E-state index in [1.807, 2.05) is 24.3 Å². The van der Waals surface area contributed by atoms with Crippen LogP contribution in [0.15, 0.2) is 24.3 Å². The number of rotatable bonds is 2. The lowest BCUT2D eigenvalue weighted by Gasteiger charge is -2.21. The van der Waals surface area contributed by atoms with E-state index < -0.39 is 0 Å². The van der Waals surface area contributed by atoms with E-state index >= 15 is 0 Å². The Kier molecular flexibility index (Phi) is 3.04. The van der Waals surface area contributed by atoms with Crippen molar-refractivity contribution in [3.63, 3.8) is 0 Å². The number of fused-ring (bicyclic) bond motifs is 1. The second kappa shape index (κ2) is 4.47. The summed E-state index contributed by atoms with van der Waals surface area (Å²) < 4.78 is 4.95.